The number of benzene rings is 1. The first kappa shape index (κ1) is 17.4. The maximum absolute atomic E-state index is 12.7. The monoisotopic (exact) mass is 342 g/mol. The summed E-state index contributed by atoms with van der Waals surface area (Å²) in [7, 11) is 0. The van der Waals surface area contributed by atoms with E-state index in [1.165, 1.54) is 11.1 Å². The topological polar surface area (TPSA) is 75.9 Å². The van der Waals surface area contributed by atoms with Gasteiger partial charge in [-0.15, -0.1) is 0 Å². The van der Waals surface area contributed by atoms with E-state index in [-0.39, 0.29) is 6.03 Å². The van der Waals surface area contributed by atoms with Crippen molar-refractivity contribution in [2.24, 2.45) is 0 Å². The van der Waals surface area contributed by atoms with Crippen LogP contribution in [0.5, 0.6) is 0 Å². The van der Waals surface area contributed by atoms with Crippen LogP contribution in [0, 0.1) is 6.92 Å². The van der Waals surface area contributed by atoms with Crippen LogP contribution < -0.4 is 5.32 Å². The third kappa shape index (κ3) is 4.15. The molecule has 25 heavy (non-hydrogen) atoms. The summed E-state index contributed by atoms with van der Waals surface area (Å²) >= 11 is 0. The molecular weight excluding hydrogens is 316 g/mol. The van der Waals surface area contributed by atoms with E-state index in [2.05, 4.69) is 59.0 Å². The van der Waals surface area contributed by atoms with E-state index in [4.69, 9.17) is 0 Å². The zero-order chi connectivity index (χ0) is 17.6. The van der Waals surface area contributed by atoms with Crippen molar-refractivity contribution in [2.45, 2.75) is 52.0 Å². The highest BCUT2D eigenvalue weighted by Gasteiger charge is 2.26. The average molecular weight is 342 g/mol. The fourth-order valence-corrected chi connectivity index (χ4v) is 3.39. The minimum absolute atomic E-state index is 0.120. The largest absolute Gasteiger partial charge is 0.324 e. The molecule has 0 radical (unpaired) electrons. The van der Waals surface area contributed by atoms with E-state index in [1.807, 2.05) is 4.90 Å². The Hall–Kier alpha value is -2.44. The Labute approximate surface area is 148 Å². The van der Waals surface area contributed by atoms with Gasteiger partial charge in [0.25, 0.3) is 5.95 Å². The second-order valence-electron chi connectivity index (χ2n) is 6.65. The van der Waals surface area contributed by atoms with Crippen LogP contribution in [0.1, 0.15) is 49.7 Å². The second-order valence-corrected chi connectivity index (χ2v) is 6.65. The van der Waals surface area contributed by atoms with Crippen molar-refractivity contribution in [3.63, 3.8) is 0 Å². The van der Waals surface area contributed by atoms with Crippen molar-refractivity contribution in [1.29, 1.82) is 0 Å². The van der Waals surface area contributed by atoms with Gasteiger partial charge >= 0.3 is 6.03 Å². The number of nitrogens with one attached hydrogen (secondary N) is 1. The normalized spacial score (nSPS) is 17.5. The van der Waals surface area contributed by atoms with E-state index in [9.17, 15) is 4.79 Å². The van der Waals surface area contributed by atoms with Crippen LogP contribution in [0.4, 0.5) is 10.7 Å². The number of hydrogen-bond donors (Lipinski definition) is 1. The van der Waals surface area contributed by atoms with Gasteiger partial charge in [-0.25, -0.2) is 9.48 Å². The zero-order valence-electron chi connectivity index (χ0n) is 15.0. The van der Waals surface area contributed by atoms with Gasteiger partial charge in [-0.3, -0.25) is 5.32 Å². The molecular formula is C18H26N6O. The molecule has 1 aliphatic rings. The summed E-state index contributed by atoms with van der Waals surface area (Å²) in [5.41, 5.74) is 2.63. The number of nitrogens with zero attached hydrogens (tertiary/aromatic N) is 5. The molecule has 7 heteroatoms. The zero-order valence-corrected chi connectivity index (χ0v) is 15.0. The number of carbonyl (C=O) groups is 1. The third-order valence-corrected chi connectivity index (χ3v) is 4.81. The van der Waals surface area contributed by atoms with Crippen molar-refractivity contribution in [1.82, 2.24) is 25.1 Å². The van der Waals surface area contributed by atoms with Gasteiger partial charge in [-0.2, -0.15) is 0 Å². The van der Waals surface area contributed by atoms with Crippen molar-refractivity contribution in [2.75, 3.05) is 18.4 Å². The van der Waals surface area contributed by atoms with Gasteiger partial charge in [-0.05, 0) is 47.7 Å². The Kier molecular flexibility index (Phi) is 5.63. The minimum atomic E-state index is -0.120. The molecule has 0 saturated carbocycles. The molecule has 3 rings (SSSR count). The Bertz CT molecular complexity index is 713. The number of rotatable bonds is 5. The molecule has 0 aliphatic carbocycles. The van der Waals surface area contributed by atoms with E-state index >= 15 is 0 Å². The van der Waals surface area contributed by atoms with E-state index in [1.54, 1.807) is 4.68 Å². The van der Waals surface area contributed by atoms with E-state index in [0.29, 0.717) is 18.4 Å². The molecule has 1 aliphatic heterocycles. The molecule has 1 fully saturated rings. The fraction of sp³-hybridized carbons (Fsp3) is 0.556. The Morgan fingerprint density at radius 1 is 1.36 bits per heavy atom. The van der Waals surface area contributed by atoms with Crippen molar-refractivity contribution < 1.29 is 4.79 Å². The first-order valence-electron chi connectivity index (χ1n) is 9.06. The molecule has 0 spiro atoms. The van der Waals surface area contributed by atoms with Crippen LogP contribution in [-0.4, -0.2) is 44.2 Å². The lowest BCUT2D eigenvalue weighted by molar-refractivity contribution is 0.192. The van der Waals surface area contributed by atoms with Gasteiger partial charge < -0.3 is 4.90 Å². The Balaban J connectivity index is 1.64. The third-order valence-electron chi connectivity index (χ3n) is 4.81. The number of amides is 2. The van der Waals surface area contributed by atoms with Crippen molar-refractivity contribution in [3.8, 4) is 0 Å². The molecule has 1 aromatic carbocycles. The number of hydrogen-bond acceptors (Lipinski definition) is 4. The van der Waals surface area contributed by atoms with Crippen molar-refractivity contribution in [3.05, 3.63) is 35.4 Å². The number of aromatic nitrogens is 4. The van der Waals surface area contributed by atoms with E-state index < -0.39 is 0 Å². The summed E-state index contributed by atoms with van der Waals surface area (Å²) in [6, 6.07) is 8.32. The predicted molar refractivity (Wildman–Crippen MR) is 96.5 cm³/mol. The molecule has 1 atom stereocenters. The molecule has 2 heterocycles. The first-order valence-corrected chi connectivity index (χ1v) is 9.06. The summed E-state index contributed by atoms with van der Waals surface area (Å²) in [5.74, 6) is 0.813. The summed E-state index contributed by atoms with van der Waals surface area (Å²) in [5, 5.41) is 14.4. The highest BCUT2D eigenvalue weighted by molar-refractivity contribution is 5.87. The molecule has 0 bridgehead atoms. The lowest BCUT2D eigenvalue weighted by atomic mass is 9.88. The van der Waals surface area contributed by atoms with Gasteiger partial charge in [0.2, 0.25) is 0 Å². The van der Waals surface area contributed by atoms with Crippen LogP contribution in [-0.2, 0) is 6.54 Å². The number of anilines is 1. The molecule has 1 saturated heterocycles. The standard InChI is InChI=1S/C18H26N6O/c1-3-4-12-24-17(20-21-22-24)19-18(25)23-11-7-9-15(13-23)16-10-6-5-8-14(16)2/h5-6,8,10,15H,3-4,7,9,11-13H2,1-2H3,(H,19,20,22,25)/t15-/m0/s1. The molecule has 0 unspecified atom stereocenters. The number of aryl methyl sites for hydroxylation is 2. The number of urea groups is 1. The van der Waals surface area contributed by atoms with Crippen LogP contribution in [0.15, 0.2) is 24.3 Å². The molecule has 7 nitrogen and oxygen atoms in total. The summed E-state index contributed by atoms with van der Waals surface area (Å²) in [6.45, 7) is 6.46. The van der Waals surface area contributed by atoms with E-state index in [0.717, 1.165) is 38.8 Å². The lowest BCUT2D eigenvalue weighted by Crippen LogP contribution is -2.42. The summed E-state index contributed by atoms with van der Waals surface area (Å²) in [6.07, 6.45) is 4.15. The SMILES string of the molecule is CCCCn1nnnc1NC(=O)N1CCC[C@H](c2ccccc2C)C1. The number of unbranched alkanes of at least 4 members (excludes halogenated alkanes) is 1. The van der Waals surface area contributed by atoms with Gasteiger partial charge in [0.15, 0.2) is 0 Å². The lowest BCUT2D eigenvalue weighted by Gasteiger charge is -2.33. The summed E-state index contributed by atoms with van der Waals surface area (Å²) in [4.78, 5) is 14.5. The molecule has 1 N–H and O–H groups in total. The molecule has 2 aromatic rings. The quantitative estimate of drug-likeness (QED) is 0.905. The van der Waals surface area contributed by atoms with Gasteiger partial charge in [0, 0.05) is 25.6 Å². The second kappa shape index (κ2) is 8.09. The molecule has 134 valence electrons. The predicted octanol–water partition coefficient (Wildman–Crippen LogP) is 3.19. The van der Waals surface area contributed by atoms with Crippen LogP contribution >= 0.6 is 0 Å². The maximum atomic E-state index is 12.7. The number of tetrazole rings is 1. The van der Waals surface area contributed by atoms with Crippen LogP contribution in [0.25, 0.3) is 0 Å². The number of carbonyl (C=O) groups excluding carboxylic acids is 1. The maximum Gasteiger partial charge on any atom is 0.324 e. The smallest absolute Gasteiger partial charge is 0.324 e. The van der Waals surface area contributed by atoms with Gasteiger partial charge in [0.1, 0.15) is 0 Å². The van der Waals surface area contributed by atoms with Gasteiger partial charge in [-0.1, -0.05) is 42.7 Å². The summed E-state index contributed by atoms with van der Waals surface area (Å²) < 4.78 is 1.66. The minimum Gasteiger partial charge on any atom is -0.324 e. The average Bonchev–Trinajstić information content (AvgIpc) is 3.07. The number of likely N-dealkylation sites (tertiary alicyclic amines) is 1. The highest BCUT2D eigenvalue weighted by Crippen LogP contribution is 2.29. The Morgan fingerprint density at radius 2 is 2.20 bits per heavy atom. The highest BCUT2D eigenvalue weighted by atomic mass is 16.2. The Morgan fingerprint density at radius 3 is 3.00 bits per heavy atom. The first-order chi connectivity index (χ1) is 12.2. The van der Waals surface area contributed by atoms with Gasteiger partial charge in [0.05, 0.1) is 0 Å². The van der Waals surface area contributed by atoms with Crippen molar-refractivity contribution >= 4 is 12.0 Å². The fourth-order valence-electron chi connectivity index (χ4n) is 3.39. The van der Waals surface area contributed by atoms with Crippen LogP contribution in [0.2, 0.25) is 0 Å². The molecule has 1 aromatic heterocycles. The van der Waals surface area contributed by atoms with Crippen LogP contribution in [0.3, 0.4) is 0 Å². The number of piperidine rings is 1. The molecule has 2 amide bonds.